The molecule has 48 valence electrons. The highest BCUT2D eigenvalue weighted by Crippen LogP contribution is 2.53. The van der Waals surface area contributed by atoms with Crippen LogP contribution in [0.4, 0.5) is 0 Å². The van der Waals surface area contributed by atoms with Gasteiger partial charge in [0, 0.05) is 17.5 Å². The second-order valence-electron chi connectivity index (χ2n) is 2.94. The van der Waals surface area contributed by atoms with Gasteiger partial charge >= 0.3 is 0 Å². The number of carbonyl (C=O) groups excluding carboxylic acids is 1. The highest BCUT2D eigenvalue weighted by Gasteiger charge is 2.51. The van der Waals surface area contributed by atoms with Gasteiger partial charge in [-0.25, -0.2) is 0 Å². The summed E-state index contributed by atoms with van der Waals surface area (Å²) in [7, 11) is 0. The summed E-state index contributed by atoms with van der Waals surface area (Å²) in [5, 5.41) is 2.78. The third kappa shape index (κ3) is 0.479. The molecule has 1 spiro atoms. The van der Waals surface area contributed by atoms with Crippen LogP contribution in [0.5, 0.6) is 0 Å². The van der Waals surface area contributed by atoms with E-state index in [0.29, 0.717) is 0 Å². The molecule has 1 amide bonds. The number of amides is 1. The Balaban J connectivity index is 2.32. The molecule has 1 saturated carbocycles. The number of nitrogens with one attached hydrogen (secondary N) is 1. The first-order chi connectivity index (χ1) is 4.25. The summed E-state index contributed by atoms with van der Waals surface area (Å²) in [5.41, 5.74) is 1.03. The molecule has 0 radical (unpaired) electrons. The first-order valence-electron chi connectivity index (χ1n) is 3.22. The minimum Gasteiger partial charge on any atom is -0.351 e. The SMILES string of the molecule is C=C1C(=O)NCC12CC2. The minimum absolute atomic E-state index is 0.0625. The van der Waals surface area contributed by atoms with Crippen molar-refractivity contribution in [3.8, 4) is 0 Å². The van der Waals surface area contributed by atoms with Crippen LogP contribution in [-0.2, 0) is 4.79 Å². The molecule has 0 aromatic heterocycles. The number of hydrogen-bond donors (Lipinski definition) is 1. The summed E-state index contributed by atoms with van der Waals surface area (Å²) in [5.74, 6) is 0.0625. The van der Waals surface area contributed by atoms with Crippen molar-refractivity contribution in [1.82, 2.24) is 5.32 Å². The molecule has 2 rings (SSSR count). The zero-order chi connectivity index (χ0) is 6.48. The molecule has 2 aliphatic rings. The van der Waals surface area contributed by atoms with Gasteiger partial charge in [-0.3, -0.25) is 4.79 Å². The normalized spacial score (nSPS) is 28.9. The molecule has 9 heavy (non-hydrogen) atoms. The van der Waals surface area contributed by atoms with E-state index in [1.165, 1.54) is 0 Å². The van der Waals surface area contributed by atoms with Crippen LogP contribution < -0.4 is 5.32 Å². The summed E-state index contributed by atoms with van der Waals surface area (Å²) in [4.78, 5) is 10.8. The Morgan fingerprint density at radius 3 is 2.44 bits per heavy atom. The molecule has 1 N–H and O–H groups in total. The quantitative estimate of drug-likeness (QED) is 0.465. The third-order valence-corrected chi connectivity index (χ3v) is 2.36. The molecule has 1 heterocycles. The van der Waals surface area contributed by atoms with Gasteiger partial charge in [-0.15, -0.1) is 0 Å². The molecule has 1 saturated heterocycles. The van der Waals surface area contributed by atoms with Crippen molar-refractivity contribution < 1.29 is 4.79 Å². The maximum Gasteiger partial charge on any atom is 0.247 e. The summed E-state index contributed by atoms with van der Waals surface area (Å²) < 4.78 is 0. The van der Waals surface area contributed by atoms with Gasteiger partial charge in [0.05, 0.1) is 0 Å². The lowest BCUT2D eigenvalue weighted by molar-refractivity contribution is -0.116. The van der Waals surface area contributed by atoms with Crippen molar-refractivity contribution in [2.24, 2.45) is 5.41 Å². The summed E-state index contributed by atoms with van der Waals surface area (Å²) in [6.45, 7) is 4.58. The van der Waals surface area contributed by atoms with Crippen LogP contribution in [0, 0.1) is 5.41 Å². The number of carbonyl (C=O) groups is 1. The van der Waals surface area contributed by atoms with Gasteiger partial charge in [-0.2, -0.15) is 0 Å². The maximum atomic E-state index is 10.8. The van der Waals surface area contributed by atoms with E-state index in [1.807, 2.05) is 0 Å². The largest absolute Gasteiger partial charge is 0.351 e. The lowest BCUT2D eigenvalue weighted by atomic mass is 10.0. The number of hydrogen-bond acceptors (Lipinski definition) is 1. The molecule has 1 aliphatic carbocycles. The monoisotopic (exact) mass is 123 g/mol. The lowest BCUT2D eigenvalue weighted by Crippen LogP contribution is -2.14. The average molecular weight is 123 g/mol. The Kier molecular flexibility index (Phi) is 0.672. The summed E-state index contributed by atoms with van der Waals surface area (Å²) >= 11 is 0. The van der Waals surface area contributed by atoms with E-state index < -0.39 is 0 Å². The van der Waals surface area contributed by atoms with Gasteiger partial charge in [0.15, 0.2) is 0 Å². The summed E-state index contributed by atoms with van der Waals surface area (Å²) in [6.07, 6.45) is 2.31. The lowest BCUT2D eigenvalue weighted by Gasteiger charge is -1.99. The predicted molar refractivity (Wildman–Crippen MR) is 33.8 cm³/mol. The molecular formula is C7H9NO. The molecular weight excluding hydrogens is 114 g/mol. The fraction of sp³-hybridized carbons (Fsp3) is 0.571. The van der Waals surface area contributed by atoms with Gasteiger partial charge in [0.2, 0.25) is 5.91 Å². The highest BCUT2D eigenvalue weighted by molar-refractivity contribution is 5.97. The van der Waals surface area contributed by atoms with Gasteiger partial charge in [-0.1, -0.05) is 6.58 Å². The van der Waals surface area contributed by atoms with Crippen LogP contribution in [-0.4, -0.2) is 12.5 Å². The van der Waals surface area contributed by atoms with E-state index in [2.05, 4.69) is 11.9 Å². The molecule has 2 nitrogen and oxygen atoms in total. The third-order valence-electron chi connectivity index (χ3n) is 2.36. The van der Waals surface area contributed by atoms with Crippen molar-refractivity contribution in [3.05, 3.63) is 12.2 Å². The minimum atomic E-state index is 0.0625. The maximum absolute atomic E-state index is 10.8. The molecule has 0 aromatic carbocycles. The first-order valence-corrected chi connectivity index (χ1v) is 3.22. The second kappa shape index (κ2) is 1.20. The second-order valence-corrected chi connectivity index (χ2v) is 2.94. The Bertz CT molecular complexity index is 191. The first kappa shape index (κ1) is 5.03. The van der Waals surface area contributed by atoms with Crippen LogP contribution in [0.25, 0.3) is 0 Å². The van der Waals surface area contributed by atoms with Crippen molar-refractivity contribution in [3.63, 3.8) is 0 Å². The molecule has 0 aromatic rings. The van der Waals surface area contributed by atoms with Crippen molar-refractivity contribution in [1.29, 1.82) is 0 Å². The van der Waals surface area contributed by atoms with Crippen molar-refractivity contribution >= 4 is 5.91 Å². The Morgan fingerprint density at radius 1 is 1.56 bits per heavy atom. The topological polar surface area (TPSA) is 29.1 Å². The van der Waals surface area contributed by atoms with E-state index in [-0.39, 0.29) is 11.3 Å². The Morgan fingerprint density at radius 2 is 2.22 bits per heavy atom. The Hall–Kier alpha value is -0.790. The zero-order valence-electron chi connectivity index (χ0n) is 5.24. The van der Waals surface area contributed by atoms with Crippen LogP contribution in [0.15, 0.2) is 12.2 Å². The van der Waals surface area contributed by atoms with Gasteiger partial charge in [0.25, 0.3) is 0 Å². The smallest absolute Gasteiger partial charge is 0.247 e. The van der Waals surface area contributed by atoms with Crippen LogP contribution in [0.2, 0.25) is 0 Å². The number of rotatable bonds is 0. The summed E-state index contributed by atoms with van der Waals surface area (Å²) in [6, 6.07) is 0. The van der Waals surface area contributed by atoms with E-state index in [0.717, 1.165) is 25.0 Å². The standard InChI is InChI=1S/C7H9NO/c1-5-6(9)8-4-7(5)2-3-7/h1-4H2,(H,8,9). The van der Waals surface area contributed by atoms with E-state index >= 15 is 0 Å². The molecule has 0 bridgehead atoms. The van der Waals surface area contributed by atoms with E-state index in [1.54, 1.807) is 0 Å². The zero-order valence-corrected chi connectivity index (χ0v) is 5.24. The predicted octanol–water partition coefficient (Wildman–Crippen LogP) is 0.453. The van der Waals surface area contributed by atoms with Gasteiger partial charge < -0.3 is 5.32 Å². The molecule has 2 heteroatoms. The Labute approximate surface area is 53.9 Å². The van der Waals surface area contributed by atoms with Gasteiger partial charge in [0.1, 0.15) is 0 Å². The van der Waals surface area contributed by atoms with Crippen LogP contribution in [0.3, 0.4) is 0 Å². The van der Waals surface area contributed by atoms with E-state index in [9.17, 15) is 4.79 Å². The van der Waals surface area contributed by atoms with Crippen LogP contribution in [0.1, 0.15) is 12.8 Å². The molecule has 0 atom stereocenters. The fourth-order valence-electron chi connectivity index (χ4n) is 1.33. The van der Waals surface area contributed by atoms with Crippen molar-refractivity contribution in [2.75, 3.05) is 6.54 Å². The fourth-order valence-corrected chi connectivity index (χ4v) is 1.33. The highest BCUT2D eigenvalue weighted by atomic mass is 16.2. The average Bonchev–Trinajstić information content (AvgIpc) is 2.57. The van der Waals surface area contributed by atoms with E-state index in [4.69, 9.17) is 0 Å². The van der Waals surface area contributed by atoms with Crippen molar-refractivity contribution in [2.45, 2.75) is 12.8 Å². The molecule has 0 unspecified atom stereocenters. The van der Waals surface area contributed by atoms with Crippen LogP contribution >= 0.6 is 0 Å². The molecule has 1 aliphatic heterocycles. The molecule has 2 fully saturated rings. The van der Waals surface area contributed by atoms with Gasteiger partial charge in [-0.05, 0) is 12.8 Å².